The van der Waals surface area contributed by atoms with Gasteiger partial charge in [0.2, 0.25) is 0 Å². The van der Waals surface area contributed by atoms with Crippen molar-refractivity contribution in [3.63, 3.8) is 0 Å². The lowest BCUT2D eigenvalue weighted by molar-refractivity contribution is -0.124. The van der Waals surface area contributed by atoms with Gasteiger partial charge >= 0.3 is 0 Å². The van der Waals surface area contributed by atoms with Crippen LogP contribution >= 0.6 is 0 Å². The van der Waals surface area contributed by atoms with Crippen LogP contribution in [0.1, 0.15) is 22.7 Å². The Labute approximate surface area is 117 Å². The van der Waals surface area contributed by atoms with E-state index in [0.29, 0.717) is 5.52 Å². The van der Waals surface area contributed by atoms with E-state index >= 15 is 0 Å². The van der Waals surface area contributed by atoms with E-state index in [0.717, 1.165) is 6.20 Å². The number of amides is 1. The molecular formula is C13H14N2O3. The van der Waals surface area contributed by atoms with Crippen LogP contribution in [0.3, 0.4) is 0 Å². The van der Waals surface area contributed by atoms with E-state index in [9.17, 15) is 9.59 Å². The number of hydrogen-bond acceptors (Lipinski definition) is 3. The third-order valence-corrected chi connectivity index (χ3v) is 2.41. The van der Waals surface area contributed by atoms with E-state index in [4.69, 9.17) is 17.1 Å². The molecule has 0 aliphatic heterocycles. The second-order valence-electron chi connectivity index (χ2n) is 3.48. The highest BCUT2D eigenvalue weighted by molar-refractivity contribution is 6.44. The lowest BCUT2D eigenvalue weighted by Gasteiger charge is -2.08. The van der Waals surface area contributed by atoms with E-state index in [-0.39, 0.29) is 16.7 Å². The van der Waals surface area contributed by atoms with Crippen molar-refractivity contribution < 1.29 is 26.7 Å². The fourth-order valence-corrected chi connectivity index (χ4v) is 1.57. The van der Waals surface area contributed by atoms with Crippen molar-refractivity contribution >= 4 is 22.6 Å². The van der Waals surface area contributed by atoms with E-state index in [1.807, 2.05) is 0 Å². The van der Waals surface area contributed by atoms with Crippen LogP contribution in [0.4, 0.5) is 0 Å². The van der Waals surface area contributed by atoms with E-state index in [2.05, 4.69) is 4.98 Å². The van der Waals surface area contributed by atoms with Gasteiger partial charge in [-0.05, 0) is 18.2 Å². The molecule has 0 spiro atoms. The van der Waals surface area contributed by atoms with Gasteiger partial charge in [0.05, 0.1) is 16.7 Å². The molecule has 94 valence electrons. The van der Waals surface area contributed by atoms with Crippen LogP contribution in [0.25, 0.3) is 10.9 Å². The fourth-order valence-electron chi connectivity index (χ4n) is 1.57. The number of aromatic amines is 1. The molecule has 18 heavy (non-hydrogen) atoms. The number of carbonyl (C=O) groups is 2. The summed E-state index contributed by atoms with van der Waals surface area (Å²) in [5, 5.41) is 0.0751. The molecule has 0 aliphatic carbocycles. The van der Waals surface area contributed by atoms with Crippen molar-refractivity contribution in [2.75, 3.05) is 21.0 Å². The first kappa shape index (κ1) is 5.14. The highest BCUT2D eigenvalue weighted by Gasteiger charge is 2.21. The second-order valence-corrected chi connectivity index (χ2v) is 3.48. The van der Waals surface area contributed by atoms with Gasteiger partial charge in [0.25, 0.3) is 11.7 Å². The fraction of sp³-hybridized carbons (Fsp3) is 0.231. The van der Waals surface area contributed by atoms with Gasteiger partial charge in [0, 0.05) is 39.3 Å². The molecule has 2 rings (SSSR count). The molecule has 0 unspecified atom stereocenters. The molecule has 1 aromatic heterocycles. The van der Waals surface area contributed by atoms with Crippen LogP contribution in [-0.2, 0) is 4.79 Å². The Kier molecular flexibility index (Phi) is 1.29. The van der Waals surface area contributed by atoms with Crippen LogP contribution in [0.15, 0.2) is 24.4 Å². The van der Waals surface area contributed by atoms with Crippen molar-refractivity contribution in [3.8, 4) is 5.75 Å². The van der Waals surface area contributed by atoms with Crippen LogP contribution in [-0.4, -0.2) is 42.6 Å². The minimum absolute atomic E-state index is 0.0751. The molecule has 0 radical (unpaired) electrons. The zero-order valence-electron chi connectivity index (χ0n) is 18.0. The average Bonchev–Trinajstić information content (AvgIpc) is 2.84. The predicted molar refractivity (Wildman–Crippen MR) is 67.9 cm³/mol. The maximum absolute atomic E-state index is 12.5. The molecule has 0 atom stereocenters. The van der Waals surface area contributed by atoms with Gasteiger partial charge in [0.1, 0.15) is 5.75 Å². The van der Waals surface area contributed by atoms with Gasteiger partial charge in [-0.15, -0.1) is 0 Å². The Morgan fingerprint density at radius 2 is 2.22 bits per heavy atom. The van der Waals surface area contributed by atoms with Gasteiger partial charge in [0.15, 0.2) is 0 Å². The Morgan fingerprint density at radius 1 is 1.39 bits per heavy atom. The van der Waals surface area contributed by atoms with Crippen molar-refractivity contribution in [1.82, 2.24) is 9.88 Å². The number of carbonyl (C=O) groups excluding carboxylic acids is 2. The molecule has 5 heteroatoms. The summed E-state index contributed by atoms with van der Waals surface area (Å²) in [7, 11) is -2.75. The Bertz CT molecular complexity index is 866. The lowest BCUT2D eigenvalue weighted by Crippen LogP contribution is -2.29. The minimum atomic E-state index is -3.36. The highest BCUT2D eigenvalue weighted by atomic mass is 16.5. The van der Waals surface area contributed by atoms with Crippen molar-refractivity contribution in [2.24, 2.45) is 0 Å². The number of nitrogens with zero attached hydrogens (tertiary/aromatic N) is 1. The van der Waals surface area contributed by atoms with Crippen molar-refractivity contribution in [2.45, 2.75) is 0 Å². The van der Waals surface area contributed by atoms with Crippen molar-refractivity contribution in [3.05, 3.63) is 30.0 Å². The number of rotatable bonds is 3. The van der Waals surface area contributed by atoms with Crippen LogP contribution in [0, 0.1) is 0 Å². The normalized spacial score (nSPS) is 19.9. The molecule has 1 heterocycles. The predicted octanol–water partition coefficient (Wildman–Crippen LogP) is 1.45. The topological polar surface area (TPSA) is 62.4 Å². The standard InChI is InChI=1S/C13H14N2O3/c1-15(2)13(17)12(16)10-7-14-11-5-4-8(18-3)6-9(10)11/h4-7,14H,1-3H3/i1D3,2D3,3D3. The zero-order chi connectivity index (χ0) is 20.8. The minimum Gasteiger partial charge on any atom is -0.497 e. The lowest BCUT2D eigenvalue weighted by atomic mass is 10.1. The average molecular weight is 255 g/mol. The van der Waals surface area contributed by atoms with Gasteiger partial charge in [-0.1, -0.05) is 0 Å². The second kappa shape index (κ2) is 4.52. The first-order chi connectivity index (χ1) is 12.1. The number of ether oxygens (including phenoxy) is 1. The summed E-state index contributed by atoms with van der Waals surface area (Å²) in [5.41, 5.74) is 0.0165. The third kappa shape index (κ3) is 1.95. The molecule has 0 fully saturated rings. The summed E-state index contributed by atoms with van der Waals surface area (Å²) in [6.45, 7) is -6.72. The Morgan fingerprint density at radius 3 is 2.94 bits per heavy atom. The quantitative estimate of drug-likeness (QED) is 0.667. The van der Waals surface area contributed by atoms with E-state index in [1.54, 1.807) is 0 Å². The maximum Gasteiger partial charge on any atom is 0.294 e. The molecule has 0 saturated heterocycles. The summed E-state index contributed by atoms with van der Waals surface area (Å²) in [5.74, 6) is -3.23. The molecule has 1 aromatic carbocycles. The molecule has 0 saturated carbocycles. The first-order valence-electron chi connectivity index (χ1n) is 9.30. The van der Waals surface area contributed by atoms with E-state index in [1.165, 1.54) is 18.2 Å². The smallest absolute Gasteiger partial charge is 0.294 e. The number of H-pyrrole nitrogens is 1. The molecule has 5 nitrogen and oxygen atoms in total. The van der Waals surface area contributed by atoms with Gasteiger partial charge in [-0.2, -0.15) is 0 Å². The third-order valence-electron chi connectivity index (χ3n) is 2.41. The van der Waals surface area contributed by atoms with Crippen LogP contribution in [0.5, 0.6) is 5.75 Å². The summed E-state index contributed by atoms with van der Waals surface area (Å²) >= 11 is 0. The van der Waals surface area contributed by atoms with Crippen LogP contribution < -0.4 is 4.74 Å². The van der Waals surface area contributed by atoms with Gasteiger partial charge < -0.3 is 14.6 Å². The van der Waals surface area contributed by atoms with Gasteiger partial charge in [-0.3, -0.25) is 9.59 Å². The molecule has 1 N–H and O–H groups in total. The number of benzene rings is 1. The van der Waals surface area contributed by atoms with Crippen LogP contribution in [0.2, 0.25) is 0 Å². The summed E-state index contributed by atoms with van der Waals surface area (Å²) < 4.78 is 69.4. The summed E-state index contributed by atoms with van der Waals surface area (Å²) in [6, 6.07) is 3.88. The highest BCUT2D eigenvalue weighted by Crippen LogP contribution is 2.24. The largest absolute Gasteiger partial charge is 0.497 e. The number of hydrogen-bond donors (Lipinski definition) is 1. The maximum atomic E-state index is 12.5. The zero-order valence-corrected chi connectivity index (χ0v) is 8.98. The number of likely N-dealkylation sites (N-methyl/N-ethyl adjacent to an activating group) is 1. The summed E-state index contributed by atoms with van der Waals surface area (Å²) in [6.07, 6.45) is 1.10. The first-order valence-corrected chi connectivity index (χ1v) is 4.80. The number of ketones is 1. The number of Topliss-reactive ketones (excluding diaryl/α,β-unsaturated/α-hetero) is 1. The molecule has 2 aromatic rings. The number of aromatic nitrogens is 1. The Hall–Kier alpha value is -2.30. The molecule has 0 aliphatic rings. The number of fused-ring (bicyclic) bond motifs is 1. The number of methoxy groups -OCH3 is 1. The van der Waals surface area contributed by atoms with Gasteiger partial charge in [-0.25, -0.2) is 0 Å². The molecular weight excluding hydrogens is 232 g/mol. The molecule has 1 amide bonds. The number of nitrogens with one attached hydrogen (secondary N) is 1. The SMILES string of the molecule is [2H]C([2H])([2H])Oc1ccc2[nH]cc(C(=O)C(=O)N(C([2H])([2H])[2H])C([2H])([2H])[2H])c2c1. The monoisotopic (exact) mass is 255 g/mol. The molecule has 0 bridgehead atoms. The van der Waals surface area contributed by atoms with Crippen molar-refractivity contribution in [1.29, 1.82) is 0 Å². The summed E-state index contributed by atoms with van der Waals surface area (Å²) in [4.78, 5) is 27.0. The van der Waals surface area contributed by atoms with E-state index < -0.39 is 37.6 Å². The Balaban J connectivity index is 2.47.